The molecule has 2 saturated heterocycles. The zero-order chi connectivity index (χ0) is 14.8. The van der Waals surface area contributed by atoms with Gasteiger partial charge >= 0.3 is 0 Å². The smallest absolute Gasteiger partial charge is 0.243 e. The third-order valence-electron chi connectivity index (χ3n) is 4.46. The Hall–Kier alpha value is -1.18. The third-order valence-corrected chi connectivity index (χ3v) is 4.46. The van der Waals surface area contributed by atoms with E-state index in [1.54, 1.807) is 0 Å². The van der Waals surface area contributed by atoms with Gasteiger partial charge in [-0.2, -0.15) is 4.98 Å². The average Bonchev–Trinajstić information content (AvgIpc) is 2.93. The number of amides is 1. The normalized spacial score (nSPS) is 21.1. The highest BCUT2D eigenvalue weighted by Gasteiger charge is 2.32. The van der Waals surface area contributed by atoms with Crippen molar-refractivity contribution in [2.75, 3.05) is 39.3 Å². The second kappa shape index (κ2) is 7.39. The van der Waals surface area contributed by atoms with Crippen LogP contribution in [0.1, 0.15) is 31.6 Å². The van der Waals surface area contributed by atoms with Crippen LogP contribution >= 0.6 is 12.4 Å². The Morgan fingerprint density at radius 1 is 1.36 bits per heavy atom. The van der Waals surface area contributed by atoms with Gasteiger partial charge in [0.25, 0.3) is 0 Å². The Balaban J connectivity index is 0.00000176. The minimum atomic E-state index is 0. The minimum Gasteiger partial charge on any atom is -0.340 e. The van der Waals surface area contributed by atoms with Crippen LogP contribution in [0, 0.1) is 5.92 Å². The van der Waals surface area contributed by atoms with E-state index in [2.05, 4.69) is 27.3 Å². The van der Waals surface area contributed by atoms with Gasteiger partial charge in [-0.05, 0) is 6.92 Å². The average molecular weight is 330 g/mol. The number of hydrogen-bond acceptors (Lipinski definition) is 6. The molecule has 8 heteroatoms. The van der Waals surface area contributed by atoms with Crippen LogP contribution in [-0.2, 0) is 11.2 Å². The highest BCUT2D eigenvalue weighted by Crippen LogP contribution is 2.21. The van der Waals surface area contributed by atoms with E-state index in [1.807, 2.05) is 11.8 Å². The van der Waals surface area contributed by atoms with E-state index < -0.39 is 0 Å². The molecule has 7 nitrogen and oxygen atoms in total. The molecule has 0 aromatic carbocycles. The Bertz CT molecular complexity index is 497. The van der Waals surface area contributed by atoms with Gasteiger partial charge in [0.1, 0.15) is 0 Å². The summed E-state index contributed by atoms with van der Waals surface area (Å²) in [6.45, 7) is 9.05. The van der Waals surface area contributed by atoms with E-state index in [0.717, 1.165) is 51.5 Å². The first-order chi connectivity index (χ1) is 10.2. The molecular weight excluding hydrogens is 306 g/mol. The molecule has 0 spiro atoms. The summed E-state index contributed by atoms with van der Waals surface area (Å²) in [6, 6.07) is 0.112. The predicted molar refractivity (Wildman–Crippen MR) is 83.9 cm³/mol. The maximum Gasteiger partial charge on any atom is 0.243 e. The lowest BCUT2D eigenvalue weighted by Gasteiger charge is -2.39. The van der Waals surface area contributed by atoms with Gasteiger partial charge in [0.2, 0.25) is 11.8 Å². The summed E-state index contributed by atoms with van der Waals surface area (Å²) in [5.41, 5.74) is 0. The van der Waals surface area contributed by atoms with E-state index in [-0.39, 0.29) is 24.4 Å². The van der Waals surface area contributed by atoms with Gasteiger partial charge in [0.15, 0.2) is 5.82 Å². The number of aryl methyl sites for hydroxylation is 1. The second-order valence-electron chi connectivity index (χ2n) is 5.79. The number of piperazine rings is 1. The first kappa shape index (κ1) is 17.2. The fourth-order valence-corrected chi connectivity index (χ4v) is 2.79. The van der Waals surface area contributed by atoms with E-state index in [9.17, 15) is 4.79 Å². The van der Waals surface area contributed by atoms with Gasteiger partial charge in [-0.3, -0.25) is 9.69 Å². The first-order valence-corrected chi connectivity index (χ1v) is 7.75. The van der Waals surface area contributed by atoms with Crippen molar-refractivity contribution < 1.29 is 9.32 Å². The highest BCUT2D eigenvalue weighted by atomic mass is 35.5. The molecule has 124 valence electrons. The van der Waals surface area contributed by atoms with Crippen LogP contribution in [0.3, 0.4) is 0 Å². The Labute approximate surface area is 136 Å². The molecule has 2 aliphatic heterocycles. The third kappa shape index (κ3) is 3.42. The van der Waals surface area contributed by atoms with Gasteiger partial charge in [-0.1, -0.05) is 12.1 Å². The Morgan fingerprint density at radius 2 is 2.05 bits per heavy atom. The van der Waals surface area contributed by atoms with Crippen LogP contribution in [0.2, 0.25) is 0 Å². The van der Waals surface area contributed by atoms with Crippen molar-refractivity contribution in [2.45, 2.75) is 26.3 Å². The molecular formula is C14H24ClN5O2. The summed E-state index contributed by atoms with van der Waals surface area (Å²) in [4.78, 5) is 20.9. The maximum absolute atomic E-state index is 12.2. The molecule has 1 N–H and O–H groups in total. The lowest BCUT2D eigenvalue weighted by Crippen LogP contribution is -2.56. The van der Waals surface area contributed by atoms with Crippen molar-refractivity contribution in [3.05, 3.63) is 11.7 Å². The fraction of sp³-hybridized carbons (Fsp3) is 0.786. The van der Waals surface area contributed by atoms with Crippen molar-refractivity contribution in [1.29, 1.82) is 0 Å². The molecule has 3 rings (SSSR count). The second-order valence-corrected chi connectivity index (χ2v) is 5.79. The lowest BCUT2D eigenvalue weighted by molar-refractivity contribution is -0.139. The molecule has 0 saturated carbocycles. The molecule has 0 bridgehead atoms. The van der Waals surface area contributed by atoms with Crippen molar-refractivity contribution in [3.63, 3.8) is 0 Å². The number of rotatable bonds is 4. The van der Waals surface area contributed by atoms with Gasteiger partial charge < -0.3 is 14.7 Å². The van der Waals surface area contributed by atoms with Crippen molar-refractivity contribution in [3.8, 4) is 0 Å². The van der Waals surface area contributed by atoms with E-state index >= 15 is 0 Å². The largest absolute Gasteiger partial charge is 0.340 e. The summed E-state index contributed by atoms with van der Waals surface area (Å²) in [5.74, 6) is 1.92. The molecule has 2 fully saturated rings. The van der Waals surface area contributed by atoms with E-state index in [1.165, 1.54) is 0 Å². The van der Waals surface area contributed by atoms with Crippen molar-refractivity contribution in [1.82, 2.24) is 25.3 Å². The zero-order valence-corrected chi connectivity index (χ0v) is 13.9. The maximum atomic E-state index is 12.2. The topological polar surface area (TPSA) is 74.5 Å². The summed E-state index contributed by atoms with van der Waals surface area (Å²) in [6.07, 6.45) is 0.786. The number of carbonyl (C=O) groups is 1. The van der Waals surface area contributed by atoms with Crippen LogP contribution in [0.4, 0.5) is 0 Å². The fourth-order valence-electron chi connectivity index (χ4n) is 2.79. The Kier molecular flexibility index (Phi) is 5.77. The van der Waals surface area contributed by atoms with Gasteiger partial charge in [-0.15, -0.1) is 12.4 Å². The van der Waals surface area contributed by atoms with Gasteiger partial charge in [0, 0.05) is 45.7 Å². The molecule has 1 aromatic heterocycles. The number of aromatic nitrogens is 2. The van der Waals surface area contributed by atoms with Gasteiger partial charge in [-0.25, -0.2) is 0 Å². The lowest BCUT2D eigenvalue weighted by atomic mass is 10.0. The van der Waals surface area contributed by atoms with Crippen LogP contribution in [0.25, 0.3) is 0 Å². The predicted octanol–water partition coefficient (Wildman–Crippen LogP) is 0.478. The zero-order valence-electron chi connectivity index (χ0n) is 13.1. The summed E-state index contributed by atoms with van der Waals surface area (Å²) in [7, 11) is 0. The van der Waals surface area contributed by atoms with Crippen LogP contribution in [0.15, 0.2) is 4.52 Å². The number of nitrogens with one attached hydrogen (secondary N) is 1. The molecule has 1 atom stereocenters. The van der Waals surface area contributed by atoms with Crippen molar-refractivity contribution in [2.24, 2.45) is 5.92 Å². The SMILES string of the molecule is CCc1noc(C(C)N2CCN(C(=O)C3CNC3)CC2)n1.Cl. The summed E-state index contributed by atoms with van der Waals surface area (Å²) in [5, 5.41) is 7.10. The quantitative estimate of drug-likeness (QED) is 0.866. The summed E-state index contributed by atoms with van der Waals surface area (Å²) < 4.78 is 5.32. The van der Waals surface area contributed by atoms with E-state index in [4.69, 9.17) is 4.52 Å². The molecule has 1 aromatic rings. The number of nitrogens with zero attached hydrogens (tertiary/aromatic N) is 4. The monoisotopic (exact) mass is 329 g/mol. The molecule has 0 radical (unpaired) electrons. The van der Waals surface area contributed by atoms with Crippen LogP contribution in [0.5, 0.6) is 0 Å². The van der Waals surface area contributed by atoms with Crippen molar-refractivity contribution >= 4 is 18.3 Å². The molecule has 1 unspecified atom stereocenters. The molecule has 22 heavy (non-hydrogen) atoms. The van der Waals surface area contributed by atoms with E-state index in [0.29, 0.717) is 11.8 Å². The van der Waals surface area contributed by atoms with Crippen LogP contribution in [-0.4, -0.2) is 65.1 Å². The molecule has 0 aliphatic carbocycles. The number of carbonyl (C=O) groups excluding carboxylic acids is 1. The van der Waals surface area contributed by atoms with Gasteiger partial charge in [0.05, 0.1) is 12.0 Å². The molecule has 3 heterocycles. The highest BCUT2D eigenvalue weighted by molar-refractivity contribution is 5.85. The minimum absolute atomic E-state index is 0. The molecule has 1 amide bonds. The van der Waals surface area contributed by atoms with Crippen LogP contribution < -0.4 is 5.32 Å². The number of halogens is 1. The first-order valence-electron chi connectivity index (χ1n) is 7.75. The Morgan fingerprint density at radius 3 is 2.55 bits per heavy atom. The standard InChI is InChI=1S/C14H23N5O2.ClH/c1-3-12-16-13(21-17-12)10(2)18-4-6-19(7-5-18)14(20)11-8-15-9-11;/h10-11,15H,3-9H2,1-2H3;1H. The summed E-state index contributed by atoms with van der Waals surface area (Å²) >= 11 is 0. The molecule has 2 aliphatic rings. The number of hydrogen-bond donors (Lipinski definition) is 1.